The van der Waals surface area contributed by atoms with Crippen LogP contribution >= 0.6 is 58.0 Å². The van der Waals surface area contributed by atoms with Crippen molar-refractivity contribution in [3.05, 3.63) is 165 Å². The zero-order chi connectivity index (χ0) is 83.2. The molecule has 5 atom stereocenters. The van der Waals surface area contributed by atoms with Crippen molar-refractivity contribution in [1.29, 1.82) is 0 Å². The molecule has 10 aromatic carbocycles. The van der Waals surface area contributed by atoms with Crippen LogP contribution in [-0.2, 0) is 6.18 Å². The van der Waals surface area contributed by atoms with Crippen LogP contribution in [-0.4, -0.2) is 141 Å². The minimum atomic E-state index is -4.49. The summed E-state index contributed by atoms with van der Waals surface area (Å²) in [5.74, 6) is 4.43. The molecule has 606 valence electrons. The third-order valence-electron chi connectivity index (χ3n) is 22.4. The standard InChI is InChI=1S/C19H25ClN2O.C18H19ClF3NO.C18H22ClNO2.C17H19ClN2O3.C17H21ClN2O/c1-19(2,3)22-11-12(10-20)17-15(22)9-16(23)13-7-6-8-14(18(13)17)21(4)5;1-17(2,3)23-9-10(8-19)15-13(23)7-14(24)11-5-4-6-12(16(11)15)18(20,21)22;1-18(2,3)20-10-11(9-19)16-13(20)8-14(21)12-6-5-7-15(22-4)17(12)16;1-17(2,3)19-9-10(8-18)15-13(19)7-14(21)11-5-4-6-12(16(11)15)20(22)23;1-17(2,3)20-9-10(8-18)15-13(20)7-14(21)11-5-4-6-12(19)16(11)15/h6-9,12,23H,10-11H2,1-5H3;4-7,10,24H,8-9H2,1-3H3;5-8,11,21H,9-10H2,1-4H3;4-7,10,21H,8-9H2,1-3H3;4-7,10,21H,8-9,19H2,1-3H3/t12-;10-;11-;2*10-/m11111/s1. The smallest absolute Gasteiger partial charge is 0.417 e. The SMILES string of the molecule is CC(C)(C)N1C[C@@H](CCl)c2c1cc(O)c1cccc(C(F)(F)F)c21.CC(C)(C)N1C[C@@H](CCl)c2c1cc(O)c1cccc(N)c21.CC(C)(C)N1C[C@@H](CCl)c2c1cc(O)c1cccc([N+](=O)[O-])c21.CN(C)c1cccc2c(O)cc3c(c12)[C@H](CCl)CN3C(C)(C)C.COc1cccc2c(O)cc3c(c12)[C@H](CCl)CN3C(C)(C)C. The van der Waals surface area contributed by atoms with Crippen molar-refractivity contribution >= 4 is 157 Å². The van der Waals surface area contributed by atoms with E-state index in [4.69, 9.17) is 68.5 Å². The number of nitro groups is 1. The second-order valence-corrected chi connectivity index (χ2v) is 36.8. The Morgan fingerprint density at radius 2 is 0.699 bits per heavy atom. The summed E-state index contributed by atoms with van der Waals surface area (Å²) in [6.07, 6.45) is -4.49. The number of non-ortho nitro benzene ring substituents is 1. The lowest BCUT2D eigenvalue weighted by Crippen LogP contribution is -2.40. The van der Waals surface area contributed by atoms with Crippen molar-refractivity contribution in [2.45, 2.75) is 167 Å². The lowest BCUT2D eigenvalue weighted by molar-refractivity contribution is -0.383. The molecule has 5 aliphatic heterocycles. The summed E-state index contributed by atoms with van der Waals surface area (Å²) in [6.45, 7) is 35.7. The number of nitrogen functional groups attached to an aromatic ring is 1. The molecule has 16 nitrogen and oxygen atoms in total. The van der Waals surface area contributed by atoms with Crippen LogP contribution in [0.2, 0.25) is 0 Å². The molecule has 7 N–H and O–H groups in total. The summed E-state index contributed by atoms with van der Waals surface area (Å²) in [6, 6.07) is 35.1. The molecule has 0 fully saturated rings. The van der Waals surface area contributed by atoms with Crippen LogP contribution in [0.15, 0.2) is 121 Å². The second kappa shape index (κ2) is 32.0. The minimum Gasteiger partial charge on any atom is -0.507 e. The molecular weight excluding hydrogens is 1540 g/mol. The molecule has 0 radical (unpaired) electrons. The second-order valence-electron chi connectivity index (χ2n) is 35.2. The van der Waals surface area contributed by atoms with E-state index < -0.39 is 16.7 Å². The van der Waals surface area contributed by atoms with Crippen LogP contribution in [0.25, 0.3) is 53.9 Å². The molecule has 0 saturated heterocycles. The highest BCUT2D eigenvalue weighted by atomic mass is 35.5. The predicted molar refractivity (Wildman–Crippen MR) is 468 cm³/mol. The maximum absolute atomic E-state index is 13.6. The van der Waals surface area contributed by atoms with Crippen molar-refractivity contribution in [2.75, 3.05) is 118 Å². The zero-order valence-corrected chi connectivity index (χ0v) is 71.5. The van der Waals surface area contributed by atoms with Gasteiger partial charge in [0.25, 0.3) is 5.69 Å². The molecule has 0 aliphatic carbocycles. The molecule has 10 aromatic rings. The molecule has 0 unspecified atom stereocenters. The van der Waals surface area contributed by atoms with Gasteiger partial charge in [-0.25, -0.2) is 0 Å². The van der Waals surface area contributed by atoms with Gasteiger partial charge < -0.3 is 65.4 Å². The number of anilines is 7. The molecule has 0 amide bonds. The summed E-state index contributed by atoms with van der Waals surface area (Å²) in [7, 11) is 5.74. The Bertz CT molecular complexity index is 5280. The molecular formula is C89H106Cl5F3N8O8. The van der Waals surface area contributed by atoms with Crippen LogP contribution in [0.5, 0.6) is 34.5 Å². The fourth-order valence-corrected chi connectivity index (χ4v) is 18.5. The number of hydrogen-bond acceptors (Lipinski definition) is 15. The molecule has 5 heterocycles. The number of methoxy groups -OCH3 is 1. The highest BCUT2D eigenvalue weighted by molar-refractivity contribution is 6.21. The number of nitro benzene ring substituents is 1. The minimum absolute atomic E-state index is 0.00454. The average Bonchev–Trinajstić information content (AvgIpc) is 1.68. The molecule has 0 bridgehead atoms. The monoisotopic (exact) mass is 1650 g/mol. The highest BCUT2D eigenvalue weighted by Gasteiger charge is 2.44. The average molecular weight is 1650 g/mol. The van der Waals surface area contributed by atoms with Gasteiger partial charge in [-0.15, -0.1) is 58.0 Å². The Morgan fingerprint density at radius 3 is 1.03 bits per heavy atom. The van der Waals surface area contributed by atoms with E-state index in [1.807, 2.05) is 106 Å². The first-order valence-corrected chi connectivity index (χ1v) is 40.8. The van der Waals surface area contributed by atoms with Crippen molar-refractivity contribution in [3.8, 4) is 34.5 Å². The number of phenolic OH excluding ortho intramolecular Hbond substituents is 5. The first-order valence-electron chi connectivity index (χ1n) is 38.1. The van der Waals surface area contributed by atoms with Gasteiger partial charge in [-0.3, -0.25) is 10.1 Å². The van der Waals surface area contributed by atoms with E-state index >= 15 is 0 Å². The number of rotatable bonds is 8. The molecule has 0 spiro atoms. The van der Waals surface area contributed by atoms with E-state index in [-0.39, 0.29) is 103 Å². The van der Waals surface area contributed by atoms with E-state index in [9.17, 15) is 48.8 Å². The van der Waals surface area contributed by atoms with E-state index in [2.05, 4.69) is 114 Å². The number of fused-ring (bicyclic) bond motifs is 15. The predicted octanol–water partition coefficient (Wildman–Crippen LogP) is 23.0. The number of nitrogens with two attached hydrogens (primary N) is 1. The Hall–Kier alpha value is -8.46. The fourth-order valence-electron chi connectivity index (χ4n) is 17.3. The maximum atomic E-state index is 13.6. The number of aromatic hydroxyl groups is 5. The van der Waals surface area contributed by atoms with Crippen molar-refractivity contribution < 1.29 is 48.4 Å². The number of phenols is 5. The van der Waals surface area contributed by atoms with Gasteiger partial charge in [0.15, 0.2) is 0 Å². The third kappa shape index (κ3) is 16.1. The van der Waals surface area contributed by atoms with Gasteiger partial charge in [-0.2, -0.15) is 13.2 Å². The van der Waals surface area contributed by atoms with Gasteiger partial charge in [0.05, 0.1) is 23.0 Å². The van der Waals surface area contributed by atoms with Crippen molar-refractivity contribution in [1.82, 2.24) is 0 Å². The van der Waals surface area contributed by atoms with Gasteiger partial charge >= 0.3 is 6.18 Å². The molecule has 5 aliphatic rings. The first kappa shape index (κ1) is 85.4. The maximum Gasteiger partial charge on any atom is 0.417 e. The fraction of sp³-hybridized carbons (Fsp3) is 0.438. The Balaban J connectivity index is 0.000000140. The van der Waals surface area contributed by atoms with Crippen LogP contribution in [0.4, 0.5) is 58.7 Å². The lowest BCUT2D eigenvalue weighted by atomic mass is 9.92. The molecule has 0 saturated carbocycles. The zero-order valence-electron chi connectivity index (χ0n) is 67.7. The summed E-state index contributed by atoms with van der Waals surface area (Å²) < 4.78 is 46.2. The number of alkyl halides is 8. The summed E-state index contributed by atoms with van der Waals surface area (Å²) in [5.41, 5.74) is 16.6. The van der Waals surface area contributed by atoms with Gasteiger partial charge in [-0.1, -0.05) is 60.7 Å². The van der Waals surface area contributed by atoms with Gasteiger partial charge in [0, 0.05) is 258 Å². The van der Waals surface area contributed by atoms with Gasteiger partial charge in [0.1, 0.15) is 34.5 Å². The van der Waals surface area contributed by atoms with Crippen LogP contribution in [0.1, 0.15) is 167 Å². The van der Waals surface area contributed by atoms with E-state index in [1.54, 1.807) is 31.4 Å². The number of nitrogens with zero attached hydrogens (tertiary/aromatic N) is 7. The van der Waals surface area contributed by atoms with Crippen molar-refractivity contribution in [3.63, 3.8) is 0 Å². The summed E-state index contributed by atoms with van der Waals surface area (Å²) >= 11 is 31.0. The quantitative estimate of drug-likeness (QED) is 0.0363. The van der Waals surface area contributed by atoms with E-state index in [1.165, 1.54) is 34.9 Å². The highest BCUT2D eigenvalue weighted by Crippen LogP contribution is 2.56. The third-order valence-corrected chi connectivity index (χ3v) is 24.3. The molecule has 15 rings (SSSR count). The largest absolute Gasteiger partial charge is 0.507 e. The normalized spacial score (nSPS) is 17.9. The molecule has 24 heteroatoms. The van der Waals surface area contributed by atoms with E-state index in [0.29, 0.717) is 70.1 Å². The van der Waals surface area contributed by atoms with Gasteiger partial charge in [0.2, 0.25) is 0 Å². The summed E-state index contributed by atoms with van der Waals surface area (Å²) in [5, 5.41) is 70.6. The van der Waals surface area contributed by atoms with Gasteiger partial charge in [-0.05, 0) is 156 Å². The van der Waals surface area contributed by atoms with Crippen LogP contribution in [0, 0.1) is 10.1 Å². The van der Waals surface area contributed by atoms with E-state index in [0.717, 1.165) is 97.8 Å². The number of halogens is 8. The number of benzene rings is 10. The van der Waals surface area contributed by atoms with Crippen LogP contribution in [0.3, 0.4) is 0 Å². The number of ether oxygens (including phenoxy) is 1. The molecule has 0 aromatic heterocycles. The Kier molecular flexibility index (Phi) is 24.2. The Morgan fingerprint density at radius 1 is 0.425 bits per heavy atom. The lowest BCUT2D eigenvalue weighted by Gasteiger charge is -2.35. The van der Waals surface area contributed by atoms with Crippen LogP contribution < -0.4 is 39.9 Å². The Labute approximate surface area is 686 Å². The topological polar surface area (TPSA) is 199 Å². The molecule has 113 heavy (non-hydrogen) atoms. The number of hydrogen-bond donors (Lipinski definition) is 6. The summed E-state index contributed by atoms with van der Waals surface area (Å²) in [4.78, 5) is 24.3. The first-order chi connectivity index (χ1) is 52.8. The van der Waals surface area contributed by atoms with Crippen molar-refractivity contribution in [2.24, 2.45) is 0 Å².